The number of benzene rings is 3. The third-order valence-corrected chi connectivity index (χ3v) is 4.02. The molecule has 0 aliphatic heterocycles. The molecule has 1 heterocycles. The van der Waals surface area contributed by atoms with Gasteiger partial charge in [-0.25, -0.2) is 0 Å². The number of aromatic hydroxyl groups is 1. The number of fused-ring (bicyclic) bond motifs is 1. The number of rotatable bonds is 4. The SMILES string of the molecule is Oc1ccc2[nH]c(-c3ccc(OCc4ccccc4)cc3)cc2c1. The number of ether oxygens (including phenoxy) is 1. The van der Waals surface area contributed by atoms with Gasteiger partial charge in [0.05, 0.1) is 0 Å². The molecule has 0 unspecified atom stereocenters. The molecule has 0 bridgehead atoms. The quantitative estimate of drug-likeness (QED) is 0.549. The maximum Gasteiger partial charge on any atom is 0.119 e. The van der Waals surface area contributed by atoms with E-state index in [9.17, 15) is 5.11 Å². The van der Waals surface area contributed by atoms with Crippen molar-refractivity contribution in [3.63, 3.8) is 0 Å². The summed E-state index contributed by atoms with van der Waals surface area (Å²) in [6, 6.07) is 25.5. The van der Waals surface area contributed by atoms with Gasteiger partial charge in [-0.2, -0.15) is 0 Å². The zero-order valence-electron chi connectivity index (χ0n) is 13.1. The van der Waals surface area contributed by atoms with Crippen LogP contribution < -0.4 is 4.74 Å². The second-order valence-corrected chi connectivity index (χ2v) is 5.75. The maximum absolute atomic E-state index is 9.57. The number of hydrogen-bond donors (Lipinski definition) is 2. The van der Waals surface area contributed by atoms with E-state index < -0.39 is 0 Å². The van der Waals surface area contributed by atoms with Crippen LogP contribution in [0.5, 0.6) is 11.5 Å². The summed E-state index contributed by atoms with van der Waals surface area (Å²) < 4.78 is 5.81. The number of aromatic nitrogens is 1. The first-order valence-corrected chi connectivity index (χ1v) is 7.87. The Bertz CT molecular complexity index is 956. The molecule has 0 atom stereocenters. The summed E-state index contributed by atoms with van der Waals surface area (Å²) in [4.78, 5) is 3.36. The van der Waals surface area contributed by atoms with Crippen molar-refractivity contribution in [2.45, 2.75) is 6.61 Å². The number of phenolic OH excluding ortho intramolecular Hbond substituents is 1. The zero-order chi connectivity index (χ0) is 16.4. The van der Waals surface area contributed by atoms with Crippen molar-refractivity contribution in [3.8, 4) is 22.8 Å². The Morgan fingerprint density at radius 2 is 1.62 bits per heavy atom. The minimum atomic E-state index is 0.276. The van der Waals surface area contributed by atoms with E-state index in [0.717, 1.165) is 33.5 Å². The lowest BCUT2D eigenvalue weighted by molar-refractivity contribution is 0.306. The molecular formula is C21H17NO2. The molecule has 2 N–H and O–H groups in total. The van der Waals surface area contributed by atoms with Gasteiger partial charge in [0.2, 0.25) is 0 Å². The van der Waals surface area contributed by atoms with Crippen molar-refractivity contribution in [1.29, 1.82) is 0 Å². The summed E-state index contributed by atoms with van der Waals surface area (Å²) in [5.41, 5.74) is 4.26. The summed E-state index contributed by atoms with van der Waals surface area (Å²) in [6.07, 6.45) is 0. The van der Waals surface area contributed by atoms with Gasteiger partial charge in [-0.1, -0.05) is 30.3 Å². The van der Waals surface area contributed by atoms with Gasteiger partial charge < -0.3 is 14.8 Å². The number of phenols is 1. The smallest absolute Gasteiger partial charge is 0.119 e. The molecule has 4 rings (SSSR count). The van der Waals surface area contributed by atoms with Crippen LogP contribution in [0, 0.1) is 0 Å². The molecular weight excluding hydrogens is 298 g/mol. The van der Waals surface area contributed by atoms with Gasteiger partial charge in [-0.05, 0) is 59.7 Å². The second-order valence-electron chi connectivity index (χ2n) is 5.75. The molecule has 0 aliphatic carbocycles. The summed E-state index contributed by atoms with van der Waals surface area (Å²) >= 11 is 0. The van der Waals surface area contributed by atoms with E-state index >= 15 is 0 Å². The van der Waals surface area contributed by atoms with Crippen molar-refractivity contribution in [2.24, 2.45) is 0 Å². The Morgan fingerprint density at radius 1 is 0.833 bits per heavy atom. The van der Waals surface area contributed by atoms with Crippen LogP contribution >= 0.6 is 0 Å². The Labute approximate surface area is 140 Å². The Kier molecular flexibility index (Phi) is 3.67. The van der Waals surface area contributed by atoms with E-state index in [4.69, 9.17) is 4.74 Å². The highest BCUT2D eigenvalue weighted by Crippen LogP contribution is 2.27. The van der Waals surface area contributed by atoms with E-state index in [0.29, 0.717) is 6.61 Å². The predicted molar refractivity (Wildman–Crippen MR) is 96.2 cm³/mol. The molecule has 24 heavy (non-hydrogen) atoms. The maximum atomic E-state index is 9.57. The highest BCUT2D eigenvalue weighted by Gasteiger charge is 2.05. The normalized spacial score (nSPS) is 10.8. The third kappa shape index (κ3) is 2.97. The first-order valence-electron chi connectivity index (χ1n) is 7.87. The highest BCUT2D eigenvalue weighted by molar-refractivity contribution is 5.86. The molecule has 0 spiro atoms. The van der Waals surface area contributed by atoms with Gasteiger partial charge >= 0.3 is 0 Å². The summed E-state index contributed by atoms with van der Waals surface area (Å²) in [5.74, 6) is 1.12. The number of H-pyrrole nitrogens is 1. The van der Waals surface area contributed by atoms with Crippen LogP contribution in [0.4, 0.5) is 0 Å². The zero-order valence-corrected chi connectivity index (χ0v) is 13.1. The van der Waals surface area contributed by atoms with Gasteiger partial charge in [0.15, 0.2) is 0 Å². The molecule has 0 saturated carbocycles. The molecule has 0 radical (unpaired) electrons. The number of hydrogen-bond acceptors (Lipinski definition) is 2. The van der Waals surface area contributed by atoms with Crippen LogP contribution in [0.2, 0.25) is 0 Å². The molecule has 0 aliphatic rings. The van der Waals surface area contributed by atoms with Gasteiger partial charge in [0, 0.05) is 16.6 Å². The van der Waals surface area contributed by atoms with Crippen LogP contribution in [0.25, 0.3) is 22.2 Å². The van der Waals surface area contributed by atoms with Crippen LogP contribution in [0.15, 0.2) is 78.9 Å². The van der Waals surface area contributed by atoms with Gasteiger partial charge in [-0.3, -0.25) is 0 Å². The molecule has 0 saturated heterocycles. The molecule has 4 aromatic rings. The summed E-state index contributed by atoms with van der Waals surface area (Å²) in [7, 11) is 0. The van der Waals surface area contributed by atoms with Gasteiger partial charge in [-0.15, -0.1) is 0 Å². The lowest BCUT2D eigenvalue weighted by atomic mass is 10.1. The molecule has 0 fully saturated rings. The molecule has 1 aromatic heterocycles. The van der Waals surface area contributed by atoms with Gasteiger partial charge in [0.25, 0.3) is 0 Å². The fourth-order valence-electron chi connectivity index (χ4n) is 2.75. The fraction of sp³-hybridized carbons (Fsp3) is 0.0476. The standard InChI is InChI=1S/C21H17NO2/c23-18-8-11-20-17(12-18)13-21(22-20)16-6-9-19(10-7-16)24-14-15-4-2-1-3-5-15/h1-13,22-23H,14H2. The lowest BCUT2D eigenvalue weighted by Crippen LogP contribution is -1.94. The second kappa shape index (κ2) is 6.13. The first-order chi connectivity index (χ1) is 11.8. The predicted octanol–water partition coefficient (Wildman–Crippen LogP) is 5.12. The summed E-state index contributed by atoms with van der Waals surface area (Å²) in [6.45, 7) is 0.561. The summed E-state index contributed by atoms with van der Waals surface area (Å²) in [5, 5.41) is 10.6. The first kappa shape index (κ1) is 14.4. The number of nitrogens with one attached hydrogen (secondary N) is 1. The molecule has 0 amide bonds. The molecule has 3 heteroatoms. The lowest BCUT2D eigenvalue weighted by Gasteiger charge is -2.07. The van der Waals surface area contributed by atoms with Crippen molar-refractivity contribution < 1.29 is 9.84 Å². The monoisotopic (exact) mass is 315 g/mol. The topological polar surface area (TPSA) is 45.2 Å². The Hall–Kier alpha value is -3.20. The average molecular weight is 315 g/mol. The van der Waals surface area contributed by atoms with Crippen molar-refractivity contribution in [2.75, 3.05) is 0 Å². The van der Waals surface area contributed by atoms with Crippen molar-refractivity contribution in [3.05, 3.63) is 84.4 Å². The van der Waals surface area contributed by atoms with E-state index in [2.05, 4.69) is 4.98 Å². The van der Waals surface area contributed by atoms with E-state index in [1.165, 1.54) is 0 Å². The third-order valence-electron chi connectivity index (χ3n) is 4.02. The Morgan fingerprint density at radius 3 is 2.42 bits per heavy atom. The van der Waals surface area contributed by atoms with E-state index in [-0.39, 0.29) is 5.75 Å². The van der Waals surface area contributed by atoms with Crippen LogP contribution in [0.3, 0.4) is 0 Å². The Balaban J connectivity index is 1.52. The van der Waals surface area contributed by atoms with E-state index in [1.54, 1.807) is 12.1 Å². The van der Waals surface area contributed by atoms with E-state index in [1.807, 2.05) is 66.7 Å². The molecule has 3 aromatic carbocycles. The average Bonchev–Trinajstić information content (AvgIpc) is 3.04. The fourth-order valence-corrected chi connectivity index (χ4v) is 2.75. The number of aromatic amines is 1. The minimum Gasteiger partial charge on any atom is -0.508 e. The highest BCUT2D eigenvalue weighted by atomic mass is 16.5. The van der Waals surface area contributed by atoms with Crippen molar-refractivity contribution in [1.82, 2.24) is 4.98 Å². The van der Waals surface area contributed by atoms with Gasteiger partial charge in [0.1, 0.15) is 18.1 Å². The molecule has 118 valence electrons. The van der Waals surface area contributed by atoms with Crippen LogP contribution in [-0.2, 0) is 6.61 Å². The minimum absolute atomic E-state index is 0.276. The van der Waals surface area contributed by atoms with Crippen LogP contribution in [-0.4, -0.2) is 10.1 Å². The largest absolute Gasteiger partial charge is 0.508 e. The van der Waals surface area contributed by atoms with Crippen molar-refractivity contribution >= 4 is 10.9 Å². The van der Waals surface area contributed by atoms with Crippen LogP contribution in [0.1, 0.15) is 5.56 Å². The molecule has 3 nitrogen and oxygen atoms in total.